The maximum absolute atomic E-state index is 13.2. The highest BCUT2D eigenvalue weighted by Gasteiger charge is 2.33. The van der Waals surface area contributed by atoms with Crippen LogP contribution in [0.3, 0.4) is 0 Å². The average Bonchev–Trinajstić information content (AvgIpc) is 3.80. The zero-order valence-corrected chi connectivity index (χ0v) is 29.3. The summed E-state index contributed by atoms with van der Waals surface area (Å²) in [5.74, 6) is -1.03. The molecule has 2 saturated carbocycles. The second kappa shape index (κ2) is 22.7. The molecule has 0 heterocycles. The quantitative estimate of drug-likeness (QED) is 0.0758. The fourth-order valence-corrected chi connectivity index (χ4v) is 7.18. The van der Waals surface area contributed by atoms with Crippen molar-refractivity contribution >= 4 is 80.7 Å². The number of nitrogens with one attached hydrogen (secondary N) is 4. The molecular formula is C30H40N4O8S4. The van der Waals surface area contributed by atoms with E-state index in [1.54, 1.807) is 51.4 Å². The summed E-state index contributed by atoms with van der Waals surface area (Å²) in [5.41, 5.74) is 0. The van der Waals surface area contributed by atoms with Crippen molar-refractivity contribution in [2.45, 2.75) is 37.0 Å². The van der Waals surface area contributed by atoms with Gasteiger partial charge in [-0.05, 0) is 88.2 Å². The van der Waals surface area contributed by atoms with E-state index in [0.29, 0.717) is 36.2 Å². The van der Waals surface area contributed by atoms with E-state index in [-0.39, 0.29) is 11.5 Å². The van der Waals surface area contributed by atoms with Crippen molar-refractivity contribution in [2.24, 2.45) is 0 Å². The van der Waals surface area contributed by atoms with Crippen molar-refractivity contribution in [3.05, 3.63) is 63.2 Å². The number of hydrogen-bond acceptors (Lipinski definition) is 12. The molecule has 0 bridgehead atoms. The van der Waals surface area contributed by atoms with Gasteiger partial charge in [-0.1, -0.05) is 21.6 Å². The molecule has 4 N–H and O–H groups in total. The summed E-state index contributed by atoms with van der Waals surface area (Å²) in [6.45, 7) is 0. The number of hydrogen-bond donors (Lipinski definition) is 4. The predicted molar refractivity (Wildman–Crippen MR) is 184 cm³/mol. The highest BCUT2D eigenvalue weighted by atomic mass is 33.1. The van der Waals surface area contributed by atoms with E-state index in [0.717, 1.165) is 0 Å². The van der Waals surface area contributed by atoms with Crippen LogP contribution < -0.4 is 21.3 Å². The number of carbonyl (C=O) groups is 6. The molecule has 0 saturated heterocycles. The smallest absolute Gasteiger partial charge is 0.329 e. The summed E-state index contributed by atoms with van der Waals surface area (Å²) >= 11 is 3.03. The second-order valence-electron chi connectivity index (χ2n) is 9.70. The number of methoxy groups -OCH3 is 2. The molecule has 0 aliphatic heterocycles. The minimum Gasteiger partial charge on any atom is -0.467 e. The molecule has 252 valence electrons. The highest BCUT2D eigenvalue weighted by Crippen LogP contribution is 2.26. The van der Waals surface area contributed by atoms with E-state index in [2.05, 4.69) is 21.3 Å². The molecule has 4 atom stereocenters. The topological polar surface area (TPSA) is 169 Å². The monoisotopic (exact) mass is 712 g/mol. The summed E-state index contributed by atoms with van der Waals surface area (Å²) in [6.07, 6.45) is 17.9. The largest absolute Gasteiger partial charge is 0.467 e. The Morgan fingerprint density at radius 1 is 0.587 bits per heavy atom. The SMILES string of the molecule is COC(=O)[C@H](CSSC[C@H](NC(=O)[C@H](CCSC)NC(=O)[C]1[CH][CH][CH][CH]1)C(=O)OC)NC(=O)[C@H](CCSC)NC(=O)[C]1[CH][CH][CH][CH]1. The first-order valence-electron chi connectivity index (χ1n) is 14.2. The molecule has 2 fully saturated rings. The van der Waals surface area contributed by atoms with Crippen LogP contribution >= 0.6 is 45.1 Å². The maximum atomic E-state index is 13.2. The zero-order valence-electron chi connectivity index (χ0n) is 26.1. The standard InChI is InChI=1S/C30H40N4O8S4/c1-41-29(39)23(33-27(37)21(13-15-43-3)31-25(35)19-9-5-6-10-19)17-45-46-18-24(30(40)42-2)34-28(38)22(14-16-44-4)32-26(36)20-11-7-8-12-20/h5-12,21-24H,13-18H2,1-4H3,(H,31,35)(H,32,36)(H,33,37)(H,34,38)/t21-,22-,23-,24-/m0/s1. The molecule has 10 radical (unpaired) electrons. The Hall–Kier alpha value is -1.78. The first-order valence-corrected chi connectivity index (χ1v) is 19.5. The van der Waals surface area contributed by atoms with E-state index in [9.17, 15) is 28.8 Å². The molecule has 46 heavy (non-hydrogen) atoms. The van der Waals surface area contributed by atoms with Gasteiger partial charge >= 0.3 is 11.9 Å². The Bertz CT molecular complexity index is 933. The Balaban J connectivity index is 1.97. The molecule has 0 spiro atoms. The summed E-state index contributed by atoms with van der Waals surface area (Å²) in [5, 5.41) is 10.8. The zero-order chi connectivity index (χ0) is 33.9. The summed E-state index contributed by atoms with van der Waals surface area (Å²) < 4.78 is 9.76. The molecule has 2 aliphatic carbocycles. The van der Waals surface area contributed by atoms with E-state index in [1.807, 2.05) is 12.5 Å². The molecular weight excluding hydrogens is 673 g/mol. The molecule has 0 aromatic carbocycles. The molecule has 0 unspecified atom stereocenters. The number of rotatable bonds is 21. The van der Waals surface area contributed by atoms with Crippen LogP contribution in [0.4, 0.5) is 0 Å². The van der Waals surface area contributed by atoms with Crippen LogP contribution in [0.5, 0.6) is 0 Å². The Labute approximate surface area is 289 Å². The number of ether oxygens (including phenoxy) is 2. The molecule has 4 amide bonds. The highest BCUT2D eigenvalue weighted by molar-refractivity contribution is 8.76. The second-order valence-corrected chi connectivity index (χ2v) is 14.2. The van der Waals surface area contributed by atoms with Crippen LogP contribution in [0.25, 0.3) is 0 Å². The lowest BCUT2D eigenvalue weighted by Gasteiger charge is -2.24. The van der Waals surface area contributed by atoms with Crippen molar-refractivity contribution in [1.82, 2.24) is 21.3 Å². The van der Waals surface area contributed by atoms with E-state index < -0.39 is 59.7 Å². The van der Waals surface area contributed by atoms with Crippen LogP contribution in [-0.4, -0.2) is 109 Å². The molecule has 16 heteroatoms. The minimum atomic E-state index is -1.05. The summed E-state index contributed by atoms with van der Waals surface area (Å²) in [6, 6.07) is -3.85. The van der Waals surface area contributed by atoms with E-state index >= 15 is 0 Å². The third-order valence-corrected chi connectivity index (χ3v) is 10.2. The van der Waals surface area contributed by atoms with E-state index in [1.165, 1.54) is 59.3 Å². The molecule has 2 rings (SSSR count). The van der Waals surface area contributed by atoms with Crippen molar-refractivity contribution < 1.29 is 38.2 Å². The lowest BCUT2D eigenvalue weighted by molar-refractivity contribution is -0.145. The summed E-state index contributed by atoms with van der Waals surface area (Å²) in [7, 11) is 4.77. The Morgan fingerprint density at radius 2 is 0.935 bits per heavy atom. The number of thioether (sulfide) groups is 2. The van der Waals surface area contributed by atoms with Gasteiger partial charge in [0, 0.05) is 11.5 Å². The fourth-order valence-electron chi connectivity index (χ4n) is 3.94. The van der Waals surface area contributed by atoms with Gasteiger partial charge in [-0.25, -0.2) is 9.59 Å². The van der Waals surface area contributed by atoms with Crippen LogP contribution in [0, 0.1) is 63.2 Å². The minimum absolute atomic E-state index is 0.0724. The van der Waals surface area contributed by atoms with Crippen LogP contribution in [-0.2, 0) is 38.2 Å². The Kier molecular flexibility index (Phi) is 20.0. The van der Waals surface area contributed by atoms with Gasteiger partial charge in [0.1, 0.15) is 24.2 Å². The van der Waals surface area contributed by atoms with Gasteiger partial charge < -0.3 is 30.7 Å². The van der Waals surface area contributed by atoms with Crippen molar-refractivity contribution in [1.29, 1.82) is 0 Å². The van der Waals surface area contributed by atoms with E-state index in [4.69, 9.17) is 9.47 Å². The fraction of sp³-hybridized carbons (Fsp3) is 0.467. The lowest BCUT2D eigenvalue weighted by atomic mass is 10.1. The van der Waals surface area contributed by atoms with Crippen molar-refractivity contribution in [2.75, 3.05) is 49.7 Å². The third-order valence-electron chi connectivity index (χ3n) is 6.47. The summed E-state index contributed by atoms with van der Waals surface area (Å²) in [4.78, 5) is 76.6. The van der Waals surface area contributed by atoms with Crippen LogP contribution in [0.1, 0.15) is 12.8 Å². The number of carbonyl (C=O) groups excluding carboxylic acids is 6. The van der Waals surface area contributed by atoms with Gasteiger partial charge in [0.15, 0.2) is 0 Å². The molecule has 2 aliphatic rings. The van der Waals surface area contributed by atoms with Gasteiger partial charge in [0.25, 0.3) is 0 Å². The molecule has 0 aromatic rings. The first kappa shape index (κ1) is 40.4. The van der Waals surface area contributed by atoms with Crippen molar-refractivity contribution in [3.63, 3.8) is 0 Å². The van der Waals surface area contributed by atoms with Gasteiger partial charge in [0.05, 0.1) is 26.1 Å². The van der Waals surface area contributed by atoms with Gasteiger partial charge in [-0.15, -0.1) is 0 Å². The molecule has 12 nitrogen and oxygen atoms in total. The first-order chi connectivity index (χ1) is 22.1. The van der Waals surface area contributed by atoms with Gasteiger partial charge in [-0.3, -0.25) is 19.2 Å². The third kappa shape index (κ3) is 14.1. The Morgan fingerprint density at radius 3 is 1.24 bits per heavy atom. The predicted octanol–water partition coefficient (Wildman–Crippen LogP) is 0.970. The van der Waals surface area contributed by atoms with Crippen LogP contribution in [0.2, 0.25) is 0 Å². The number of esters is 2. The molecule has 0 aromatic heterocycles. The normalized spacial score (nSPS) is 17.7. The van der Waals surface area contributed by atoms with Gasteiger partial charge in [0.2, 0.25) is 23.6 Å². The average molecular weight is 713 g/mol. The maximum Gasteiger partial charge on any atom is 0.329 e. The van der Waals surface area contributed by atoms with Gasteiger partial charge in [-0.2, -0.15) is 23.5 Å². The number of amides is 4. The lowest BCUT2D eigenvalue weighted by Crippen LogP contribution is -2.53. The van der Waals surface area contributed by atoms with Crippen LogP contribution in [0.15, 0.2) is 0 Å². The van der Waals surface area contributed by atoms with Crippen molar-refractivity contribution in [3.8, 4) is 0 Å².